The number of hydrogen-bond donors (Lipinski definition) is 0. The highest BCUT2D eigenvalue weighted by atomic mass is 19.4. The summed E-state index contributed by atoms with van der Waals surface area (Å²) in [7, 11) is 0. The zero-order valence-electron chi connectivity index (χ0n) is 15.2. The van der Waals surface area contributed by atoms with E-state index in [0.717, 1.165) is 0 Å². The van der Waals surface area contributed by atoms with Crippen LogP contribution in [-0.2, 0) is 18.9 Å². The van der Waals surface area contributed by atoms with Gasteiger partial charge in [0.15, 0.2) is 0 Å². The van der Waals surface area contributed by atoms with Crippen LogP contribution in [0.25, 0.3) is 0 Å². The number of rotatable bonds is 4. The second-order valence-electron chi connectivity index (χ2n) is 6.38. The number of halogens is 9. The topological polar surface area (TPSA) is 44.1 Å². The Morgan fingerprint density at radius 1 is 0.839 bits per heavy atom. The second-order valence-corrected chi connectivity index (χ2v) is 6.38. The van der Waals surface area contributed by atoms with Crippen LogP contribution in [0.2, 0.25) is 0 Å². The van der Waals surface area contributed by atoms with Crippen LogP contribution in [0.1, 0.15) is 32.6 Å². The third kappa shape index (κ3) is 6.63. The van der Waals surface area contributed by atoms with Gasteiger partial charge in [0.1, 0.15) is 6.54 Å². The third-order valence-electron chi connectivity index (χ3n) is 3.95. The van der Waals surface area contributed by atoms with Gasteiger partial charge in [-0.3, -0.25) is 4.79 Å². The van der Waals surface area contributed by atoms with Crippen molar-refractivity contribution in [2.75, 3.05) is 6.54 Å². The number of alkyl halides is 9. The number of nitriles is 1. The first-order valence-corrected chi connectivity index (χ1v) is 8.25. The first kappa shape index (κ1) is 24.0. The van der Waals surface area contributed by atoms with E-state index >= 15 is 0 Å². The molecular formula is C19H11F9N2O. The highest BCUT2D eigenvalue weighted by Crippen LogP contribution is 2.36. The largest absolute Gasteiger partial charge is 0.416 e. The fourth-order valence-electron chi connectivity index (χ4n) is 2.58. The minimum atomic E-state index is -5.27. The molecule has 12 heteroatoms. The average Bonchev–Trinajstić information content (AvgIpc) is 2.64. The van der Waals surface area contributed by atoms with Crippen LogP contribution in [0.5, 0.6) is 0 Å². The first-order chi connectivity index (χ1) is 14.1. The van der Waals surface area contributed by atoms with Gasteiger partial charge in [-0.1, -0.05) is 12.1 Å². The van der Waals surface area contributed by atoms with Gasteiger partial charge in [-0.2, -0.15) is 44.8 Å². The molecule has 3 nitrogen and oxygen atoms in total. The van der Waals surface area contributed by atoms with Crippen molar-refractivity contribution in [1.29, 1.82) is 5.26 Å². The van der Waals surface area contributed by atoms with E-state index in [4.69, 9.17) is 5.26 Å². The molecule has 0 radical (unpaired) electrons. The third-order valence-corrected chi connectivity index (χ3v) is 3.95. The monoisotopic (exact) mass is 454 g/mol. The fourth-order valence-corrected chi connectivity index (χ4v) is 2.58. The van der Waals surface area contributed by atoms with E-state index in [9.17, 15) is 44.3 Å². The summed E-state index contributed by atoms with van der Waals surface area (Å²) in [6.45, 7) is -2.68. The summed E-state index contributed by atoms with van der Waals surface area (Å²) in [4.78, 5) is 12.6. The lowest BCUT2D eigenvalue weighted by Gasteiger charge is -2.25. The minimum absolute atomic E-state index is 0.0692. The highest BCUT2D eigenvalue weighted by molar-refractivity contribution is 5.94. The summed E-state index contributed by atoms with van der Waals surface area (Å²) in [5.41, 5.74) is -4.60. The van der Waals surface area contributed by atoms with Crippen molar-refractivity contribution in [1.82, 2.24) is 4.90 Å². The van der Waals surface area contributed by atoms with Crippen LogP contribution in [0.4, 0.5) is 39.5 Å². The number of benzene rings is 2. The number of carbonyl (C=O) groups excluding carboxylic acids is 1. The molecule has 0 aromatic heterocycles. The smallest absolute Gasteiger partial charge is 0.325 e. The Labute approximate surface area is 169 Å². The second kappa shape index (κ2) is 8.49. The minimum Gasteiger partial charge on any atom is -0.325 e. The number of nitrogens with zero attached hydrogens (tertiary/aromatic N) is 2. The Balaban J connectivity index is 2.51. The molecule has 0 unspecified atom stereocenters. The van der Waals surface area contributed by atoms with Gasteiger partial charge >= 0.3 is 18.5 Å². The lowest BCUT2D eigenvalue weighted by molar-refractivity contribution is -0.144. The van der Waals surface area contributed by atoms with Crippen molar-refractivity contribution < 1.29 is 44.3 Å². The molecule has 0 atom stereocenters. The molecule has 2 rings (SSSR count). The highest BCUT2D eigenvalue weighted by Gasteiger charge is 2.39. The van der Waals surface area contributed by atoms with Crippen LogP contribution < -0.4 is 0 Å². The Kier molecular flexibility index (Phi) is 6.58. The SMILES string of the molecule is N#Cc1ccc(CN(CC(F)(F)F)C(=O)c2cc(C(F)(F)F)cc(C(F)(F)F)c2)cc1. The summed E-state index contributed by atoms with van der Waals surface area (Å²) in [6, 6.07) is 6.56. The number of carbonyl (C=O) groups is 1. The lowest BCUT2D eigenvalue weighted by Crippen LogP contribution is -2.38. The molecule has 0 fully saturated rings. The Hall–Kier alpha value is -3.23. The molecule has 0 bridgehead atoms. The maximum atomic E-state index is 13.0. The molecule has 2 aromatic carbocycles. The first-order valence-electron chi connectivity index (χ1n) is 8.25. The Bertz CT molecular complexity index is 952. The van der Waals surface area contributed by atoms with Gasteiger partial charge in [-0.15, -0.1) is 0 Å². The van der Waals surface area contributed by atoms with E-state index in [0.29, 0.717) is 0 Å². The molecule has 1 amide bonds. The van der Waals surface area contributed by atoms with E-state index in [1.54, 1.807) is 6.07 Å². The van der Waals surface area contributed by atoms with Crippen LogP contribution in [0, 0.1) is 11.3 Å². The average molecular weight is 454 g/mol. The quantitative estimate of drug-likeness (QED) is 0.548. The molecule has 166 valence electrons. The Morgan fingerprint density at radius 3 is 1.71 bits per heavy atom. The van der Waals surface area contributed by atoms with Gasteiger partial charge in [0.25, 0.3) is 5.91 Å². The Morgan fingerprint density at radius 2 is 1.32 bits per heavy atom. The van der Waals surface area contributed by atoms with Crippen molar-refractivity contribution in [3.63, 3.8) is 0 Å². The van der Waals surface area contributed by atoms with Crippen LogP contribution in [-0.4, -0.2) is 23.5 Å². The van der Waals surface area contributed by atoms with Gasteiger partial charge in [-0.05, 0) is 35.9 Å². The van der Waals surface area contributed by atoms with E-state index in [1.807, 2.05) is 0 Å². The molecule has 0 spiro atoms. The van der Waals surface area contributed by atoms with E-state index in [2.05, 4.69) is 0 Å². The molecule has 0 saturated heterocycles. The van der Waals surface area contributed by atoms with Gasteiger partial charge in [0, 0.05) is 12.1 Å². The maximum absolute atomic E-state index is 13.0. The predicted molar refractivity (Wildman–Crippen MR) is 88.4 cm³/mol. The van der Waals surface area contributed by atoms with Crippen molar-refractivity contribution >= 4 is 5.91 Å². The molecule has 0 aliphatic heterocycles. The molecular weight excluding hydrogens is 443 g/mol. The molecule has 31 heavy (non-hydrogen) atoms. The standard InChI is InChI=1S/C19H11F9N2O/c20-17(21,22)10-30(9-12-3-1-11(8-29)2-4-12)16(31)13-5-14(18(23,24)25)7-15(6-13)19(26,27)28/h1-7H,9-10H2. The van der Waals surface area contributed by atoms with Crippen molar-refractivity contribution in [2.45, 2.75) is 25.1 Å². The zero-order chi connectivity index (χ0) is 23.6. The van der Waals surface area contributed by atoms with Gasteiger partial charge in [0.2, 0.25) is 0 Å². The summed E-state index contributed by atoms with van der Waals surface area (Å²) in [5.74, 6) is -1.67. The van der Waals surface area contributed by atoms with Gasteiger partial charge < -0.3 is 4.90 Å². The number of hydrogen-bond acceptors (Lipinski definition) is 2. The number of amides is 1. The summed E-state index contributed by atoms with van der Waals surface area (Å²) < 4.78 is 117. The zero-order valence-corrected chi connectivity index (χ0v) is 15.2. The molecule has 2 aromatic rings. The van der Waals surface area contributed by atoms with E-state index in [-0.39, 0.29) is 34.2 Å². The summed E-state index contributed by atoms with van der Waals surface area (Å²) in [6.07, 6.45) is -15.5. The molecule has 0 heterocycles. The van der Waals surface area contributed by atoms with E-state index in [1.165, 1.54) is 24.3 Å². The maximum Gasteiger partial charge on any atom is 0.416 e. The normalized spacial score (nSPS) is 12.4. The molecule has 0 N–H and O–H groups in total. The molecule has 0 saturated carbocycles. The van der Waals surface area contributed by atoms with Crippen LogP contribution >= 0.6 is 0 Å². The van der Waals surface area contributed by atoms with Gasteiger partial charge in [0.05, 0.1) is 22.8 Å². The summed E-state index contributed by atoms with van der Waals surface area (Å²) in [5, 5.41) is 8.74. The predicted octanol–water partition coefficient (Wildman–Crippen LogP) is 5.80. The van der Waals surface area contributed by atoms with Crippen LogP contribution in [0.3, 0.4) is 0 Å². The summed E-state index contributed by atoms with van der Waals surface area (Å²) >= 11 is 0. The van der Waals surface area contributed by atoms with Crippen molar-refractivity contribution in [3.05, 3.63) is 70.3 Å². The lowest BCUT2D eigenvalue weighted by atomic mass is 10.0. The fraction of sp³-hybridized carbons (Fsp3) is 0.263. The van der Waals surface area contributed by atoms with E-state index < -0.39 is 54.2 Å². The van der Waals surface area contributed by atoms with Crippen molar-refractivity contribution in [2.24, 2.45) is 0 Å². The molecule has 0 aliphatic carbocycles. The van der Waals surface area contributed by atoms with Crippen molar-refractivity contribution in [3.8, 4) is 6.07 Å². The molecule has 0 aliphatic rings. The van der Waals surface area contributed by atoms with Crippen LogP contribution in [0.15, 0.2) is 42.5 Å². The van der Waals surface area contributed by atoms with Gasteiger partial charge in [-0.25, -0.2) is 0 Å².